The molecule has 0 aliphatic heterocycles. The van der Waals surface area contributed by atoms with Crippen LogP contribution < -0.4 is 0 Å². The standard InChI is InChI=1S/C45H27N3O/c1-45(2)30-13-4-3-10-26(30)27-19-17-25(23-31(27)45)43-44(47-33-15-6-5-14-32(33)46-43)48-34-20-18-24-9-7-11-28-29-12-8-16-36-39(29)42-37(49-36)22-21-35(48)41(42)40(34)38(24)28/h3-23H,1-2H3. The van der Waals surface area contributed by atoms with E-state index < -0.39 is 0 Å². The highest BCUT2D eigenvalue weighted by molar-refractivity contribution is 6.38. The minimum Gasteiger partial charge on any atom is -0.456 e. The molecule has 228 valence electrons. The quantitative estimate of drug-likeness (QED) is 0.192. The van der Waals surface area contributed by atoms with E-state index in [9.17, 15) is 0 Å². The maximum Gasteiger partial charge on any atom is 0.165 e. The zero-order valence-electron chi connectivity index (χ0n) is 26.9. The van der Waals surface area contributed by atoms with Crippen molar-refractivity contribution in [3.63, 3.8) is 0 Å². The summed E-state index contributed by atoms with van der Waals surface area (Å²) in [5.41, 5.74) is 15.3. The van der Waals surface area contributed by atoms with Crippen molar-refractivity contribution >= 4 is 65.6 Å². The first-order chi connectivity index (χ1) is 24.1. The Balaban J connectivity index is 1.25. The molecule has 4 nitrogen and oxygen atoms in total. The smallest absolute Gasteiger partial charge is 0.165 e. The predicted octanol–water partition coefficient (Wildman–Crippen LogP) is 11.7. The van der Waals surface area contributed by atoms with E-state index in [1.54, 1.807) is 0 Å². The van der Waals surface area contributed by atoms with E-state index in [2.05, 4.69) is 134 Å². The third-order valence-corrected chi connectivity index (χ3v) is 11.3. The third-order valence-electron chi connectivity index (χ3n) is 11.3. The molecule has 0 unspecified atom stereocenters. The molecule has 7 aromatic carbocycles. The molecule has 0 radical (unpaired) electrons. The van der Waals surface area contributed by atoms with E-state index in [4.69, 9.17) is 14.4 Å². The van der Waals surface area contributed by atoms with E-state index in [1.165, 1.54) is 65.7 Å². The summed E-state index contributed by atoms with van der Waals surface area (Å²) in [5.74, 6) is 0.830. The van der Waals surface area contributed by atoms with Crippen LogP contribution in [0.5, 0.6) is 0 Å². The van der Waals surface area contributed by atoms with Crippen molar-refractivity contribution in [2.75, 3.05) is 0 Å². The molecule has 0 spiro atoms. The maximum atomic E-state index is 6.53. The van der Waals surface area contributed by atoms with Crippen LogP contribution in [-0.4, -0.2) is 14.5 Å². The van der Waals surface area contributed by atoms with Crippen molar-refractivity contribution in [3.05, 3.63) is 139 Å². The Labute approximate surface area is 280 Å². The van der Waals surface area contributed by atoms with Gasteiger partial charge in [0.15, 0.2) is 5.82 Å². The topological polar surface area (TPSA) is 43.9 Å². The van der Waals surface area contributed by atoms with E-state index in [0.29, 0.717) is 0 Å². The first-order valence-corrected chi connectivity index (χ1v) is 16.9. The molecule has 3 heterocycles. The SMILES string of the molecule is CC1(C)c2ccccc2-c2ccc(-c3nc4ccccc4nc3-n3c4ccc5cccc6c5c4c4c5c(ccc43)oc3cccc-6c35)cc21. The number of hydrogen-bond acceptors (Lipinski definition) is 3. The van der Waals surface area contributed by atoms with Gasteiger partial charge >= 0.3 is 0 Å². The van der Waals surface area contributed by atoms with Gasteiger partial charge < -0.3 is 4.42 Å². The van der Waals surface area contributed by atoms with E-state index >= 15 is 0 Å². The van der Waals surface area contributed by atoms with Gasteiger partial charge in [0, 0.05) is 32.5 Å². The summed E-state index contributed by atoms with van der Waals surface area (Å²) in [6.07, 6.45) is 0. The normalized spacial score (nSPS) is 14.1. The highest BCUT2D eigenvalue weighted by Crippen LogP contribution is 2.52. The largest absolute Gasteiger partial charge is 0.456 e. The summed E-state index contributed by atoms with van der Waals surface area (Å²) in [4.78, 5) is 10.9. The van der Waals surface area contributed by atoms with E-state index in [-0.39, 0.29) is 5.41 Å². The average Bonchev–Trinajstić information content (AvgIpc) is 3.73. The third kappa shape index (κ3) is 3.06. The summed E-state index contributed by atoms with van der Waals surface area (Å²) in [5, 5.41) is 7.29. The van der Waals surface area contributed by atoms with E-state index in [0.717, 1.165) is 50.3 Å². The van der Waals surface area contributed by atoms with Gasteiger partial charge in [0.2, 0.25) is 0 Å². The van der Waals surface area contributed by atoms with Crippen LogP contribution >= 0.6 is 0 Å². The Bertz CT molecular complexity index is 3140. The lowest BCUT2D eigenvalue weighted by molar-refractivity contribution is 0.660. The Kier molecular flexibility index (Phi) is 4.53. The molecule has 0 atom stereocenters. The number of aromatic nitrogens is 3. The molecule has 0 saturated heterocycles. The van der Waals surface area contributed by atoms with E-state index in [1.807, 2.05) is 12.1 Å². The molecule has 0 amide bonds. The van der Waals surface area contributed by atoms with Gasteiger partial charge in [-0.3, -0.25) is 4.57 Å². The molecule has 10 aromatic rings. The van der Waals surface area contributed by atoms with Crippen LogP contribution in [0.3, 0.4) is 0 Å². The molecular formula is C45H27N3O. The number of hydrogen-bond donors (Lipinski definition) is 0. The van der Waals surface area contributed by atoms with Crippen molar-refractivity contribution in [2.24, 2.45) is 0 Å². The molecule has 0 N–H and O–H groups in total. The molecule has 0 fully saturated rings. The van der Waals surface area contributed by atoms with Crippen LogP contribution in [0.4, 0.5) is 0 Å². The lowest BCUT2D eigenvalue weighted by Gasteiger charge is -2.22. The fourth-order valence-electron chi connectivity index (χ4n) is 9.14. The molecular weight excluding hydrogens is 599 g/mol. The summed E-state index contributed by atoms with van der Waals surface area (Å²) in [6, 6.07) is 45.9. The number of benzene rings is 7. The van der Waals surface area contributed by atoms with Gasteiger partial charge in [0.05, 0.1) is 22.1 Å². The molecule has 2 aliphatic rings. The highest BCUT2D eigenvalue weighted by Gasteiger charge is 2.36. The molecule has 0 bridgehead atoms. The van der Waals surface area contributed by atoms with Crippen molar-refractivity contribution in [1.82, 2.24) is 14.5 Å². The molecule has 49 heavy (non-hydrogen) atoms. The minimum absolute atomic E-state index is 0.128. The van der Waals surface area contributed by atoms with Gasteiger partial charge in [-0.1, -0.05) is 98.8 Å². The van der Waals surface area contributed by atoms with Gasteiger partial charge in [0.25, 0.3) is 0 Å². The van der Waals surface area contributed by atoms with Crippen LogP contribution in [0, 0.1) is 0 Å². The van der Waals surface area contributed by atoms with Gasteiger partial charge in [-0.2, -0.15) is 0 Å². The Morgan fingerprint density at radius 1 is 0.510 bits per heavy atom. The Morgan fingerprint density at radius 3 is 2.06 bits per heavy atom. The lowest BCUT2D eigenvalue weighted by Crippen LogP contribution is -2.15. The predicted molar refractivity (Wildman–Crippen MR) is 201 cm³/mol. The first kappa shape index (κ1) is 25.8. The van der Waals surface area contributed by atoms with Crippen LogP contribution in [0.25, 0.3) is 105 Å². The Hall–Kier alpha value is -6.26. The van der Waals surface area contributed by atoms with Crippen LogP contribution in [-0.2, 0) is 5.41 Å². The summed E-state index contributed by atoms with van der Waals surface area (Å²) < 4.78 is 8.89. The van der Waals surface area contributed by atoms with Crippen molar-refractivity contribution in [3.8, 4) is 39.3 Å². The van der Waals surface area contributed by atoms with Crippen LogP contribution in [0.2, 0.25) is 0 Å². The minimum atomic E-state index is -0.128. The second-order valence-corrected chi connectivity index (χ2v) is 14.1. The zero-order chi connectivity index (χ0) is 32.2. The maximum absolute atomic E-state index is 6.53. The molecule has 4 heteroatoms. The second kappa shape index (κ2) is 8.60. The van der Waals surface area contributed by atoms with Crippen LogP contribution in [0.15, 0.2) is 132 Å². The first-order valence-electron chi connectivity index (χ1n) is 16.9. The number of fused-ring (bicyclic) bond motifs is 5. The zero-order valence-corrected chi connectivity index (χ0v) is 26.9. The number of para-hydroxylation sites is 2. The van der Waals surface area contributed by atoms with Crippen molar-refractivity contribution in [1.29, 1.82) is 0 Å². The van der Waals surface area contributed by atoms with Gasteiger partial charge in [0.1, 0.15) is 16.9 Å². The summed E-state index contributed by atoms with van der Waals surface area (Å²) in [6.45, 7) is 4.66. The fraction of sp³-hybridized carbons (Fsp3) is 0.0667. The number of furan rings is 1. The summed E-state index contributed by atoms with van der Waals surface area (Å²) >= 11 is 0. The van der Waals surface area contributed by atoms with Gasteiger partial charge in [-0.25, -0.2) is 9.97 Å². The van der Waals surface area contributed by atoms with Gasteiger partial charge in [-0.15, -0.1) is 0 Å². The summed E-state index contributed by atoms with van der Waals surface area (Å²) in [7, 11) is 0. The van der Waals surface area contributed by atoms with Crippen molar-refractivity contribution in [2.45, 2.75) is 19.3 Å². The van der Waals surface area contributed by atoms with Gasteiger partial charge in [-0.05, 0) is 86.6 Å². The molecule has 0 saturated carbocycles. The Morgan fingerprint density at radius 2 is 1.18 bits per heavy atom. The number of nitrogens with zero attached hydrogens (tertiary/aromatic N) is 3. The molecule has 12 rings (SSSR count). The monoisotopic (exact) mass is 625 g/mol. The van der Waals surface area contributed by atoms with Crippen LogP contribution in [0.1, 0.15) is 25.0 Å². The fourth-order valence-corrected chi connectivity index (χ4v) is 9.14. The highest BCUT2D eigenvalue weighted by atomic mass is 16.3. The number of rotatable bonds is 2. The second-order valence-electron chi connectivity index (χ2n) is 14.1. The molecule has 3 aromatic heterocycles. The average molecular weight is 626 g/mol. The lowest BCUT2D eigenvalue weighted by atomic mass is 9.82. The molecule has 2 aliphatic carbocycles. The van der Waals surface area contributed by atoms with Crippen molar-refractivity contribution < 1.29 is 4.42 Å².